The van der Waals surface area contributed by atoms with Gasteiger partial charge in [-0.25, -0.2) is 0 Å². The Kier molecular flexibility index (Phi) is 2.57. The van der Waals surface area contributed by atoms with Crippen LogP contribution in [0.5, 0.6) is 5.75 Å². The van der Waals surface area contributed by atoms with Crippen LogP contribution in [0.15, 0.2) is 48.7 Å². The van der Waals surface area contributed by atoms with Gasteiger partial charge in [-0.3, -0.25) is 4.98 Å². The number of aromatic amines is 1. The lowest BCUT2D eigenvalue weighted by atomic mass is 10.1. The standard InChI is InChI=1S/C16H9F3N2O/c17-16(18,19)22-9-5-6-14-11(7-9)12-8-20-13-4-2-1-3-10(13)15(12)21-14/h1-8,21H. The van der Waals surface area contributed by atoms with E-state index < -0.39 is 6.36 Å². The van der Waals surface area contributed by atoms with Crippen molar-refractivity contribution in [3.63, 3.8) is 0 Å². The highest BCUT2D eigenvalue weighted by Crippen LogP contribution is 2.33. The minimum Gasteiger partial charge on any atom is -0.406 e. The van der Waals surface area contributed by atoms with Gasteiger partial charge in [0.25, 0.3) is 0 Å². The molecule has 0 radical (unpaired) electrons. The Bertz CT molecular complexity index is 1000. The molecule has 2 heterocycles. The topological polar surface area (TPSA) is 37.9 Å². The molecule has 6 heteroatoms. The number of pyridine rings is 1. The molecular formula is C16H9F3N2O. The highest BCUT2D eigenvalue weighted by molar-refractivity contribution is 6.15. The second-order valence-electron chi connectivity index (χ2n) is 4.94. The Morgan fingerprint density at radius 2 is 1.77 bits per heavy atom. The number of nitrogens with one attached hydrogen (secondary N) is 1. The van der Waals surface area contributed by atoms with E-state index in [9.17, 15) is 13.2 Å². The van der Waals surface area contributed by atoms with Crippen LogP contribution in [0, 0.1) is 0 Å². The van der Waals surface area contributed by atoms with Crippen molar-refractivity contribution in [2.24, 2.45) is 0 Å². The second kappa shape index (κ2) is 4.37. The largest absolute Gasteiger partial charge is 0.573 e. The minimum absolute atomic E-state index is 0.242. The summed E-state index contributed by atoms with van der Waals surface area (Å²) in [6.45, 7) is 0. The van der Waals surface area contributed by atoms with Gasteiger partial charge >= 0.3 is 6.36 Å². The van der Waals surface area contributed by atoms with E-state index in [2.05, 4.69) is 14.7 Å². The average molecular weight is 302 g/mol. The number of para-hydroxylation sites is 1. The number of halogens is 3. The van der Waals surface area contributed by atoms with E-state index >= 15 is 0 Å². The first kappa shape index (κ1) is 12.9. The number of H-pyrrole nitrogens is 1. The molecule has 0 aliphatic carbocycles. The monoisotopic (exact) mass is 302 g/mol. The van der Waals surface area contributed by atoms with Crippen LogP contribution in [0.25, 0.3) is 32.7 Å². The molecule has 2 aromatic heterocycles. The summed E-state index contributed by atoms with van der Waals surface area (Å²) in [7, 11) is 0. The third kappa shape index (κ3) is 2.04. The molecule has 0 bridgehead atoms. The molecule has 22 heavy (non-hydrogen) atoms. The summed E-state index contributed by atoms with van der Waals surface area (Å²) in [6, 6.07) is 11.8. The number of alkyl halides is 3. The predicted octanol–water partition coefficient (Wildman–Crippen LogP) is 4.77. The Hall–Kier alpha value is -2.76. The third-order valence-electron chi connectivity index (χ3n) is 3.55. The summed E-state index contributed by atoms with van der Waals surface area (Å²) in [5.41, 5.74) is 2.42. The molecule has 2 aromatic carbocycles. The van der Waals surface area contributed by atoms with E-state index in [-0.39, 0.29) is 5.75 Å². The van der Waals surface area contributed by atoms with Crippen molar-refractivity contribution in [3.05, 3.63) is 48.7 Å². The van der Waals surface area contributed by atoms with Crippen molar-refractivity contribution in [1.82, 2.24) is 9.97 Å². The van der Waals surface area contributed by atoms with Crippen LogP contribution in [0.2, 0.25) is 0 Å². The van der Waals surface area contributed by atoms with Gasteiger partial charge in [-0.2, -0.15) is 0 Å². The van der Waals surface area contributed by atoms with Crippen LogP contribution in [0.4, 0.5) is 13.2 Å². The van der Waals surface area contributed by atoms with Crippen LogP contribution >= 0.6 is 0 Å². The lowest BCUT2D eigenvalue weighted by Gasteiger charge is -2.08. The smallest absolute Gasteiger partial charge is 0.406 e. The predicted molar refractivity (Wildman–Crippen MR) is 77.8 cm³/mol. The number of aromatic nitrogens is 2. The zero-order valence-electron chi connectivity index (χ0n) is 11.1. The maximum Gasteiger partial charge on any atom is 0.573 e. The van der Waals surface area contributed by atoms with Crippen molar-refractivity contribution >= 4 is 32.7 Å². The summed E-state index contributed by atoms with van der Waals surface area (Å²) < 4.78 is 41.0. The molecular weight excluding hydrogens is 293 g/mol. The SMILES string of the molecule is FC(F)(F)Oc1ccc2[nH]c3c4ccccc4ncc3c2c1. The molecule has 0 spiro atoms. The molecule has 1 N–H and O–H groups in total. The van der Waals surface area contributed by atoms with Crippen LogP contribution in [0.1, 0.15) is 0 Å². The van der Waals surface area contributed by atoms with Crippen molar-refractivity contribution in [1.29, 1.82) is 0 Å². The van der Waals surface area contributed by atoms with Crippen LogP contribution in [0.3, 0.4) is 0 Å². The van der Waals surface area contributed by atoms with Gasteiger partial charge in [0.1, 0.15) is 5.75 Å². The van der Waals surface area contributed by atoms with Gasteiger partial charge in [-0.15, -0.1) is 13.2 Å². The number of fused-ring (bicyclic) bond motifs is 5. The van der Waals surface area contributed by atoms with Crippen molar-refractivity contribution in [2.75, 3.05) is 0 Å². The van der Waals surface area contributed by atoms with Crippen molar-refractivity contribution in [2.45, 2.75) is 6.36 Å². The third-order valence-corrected chi connectivity index (χ3v) is 3.55. The normalized spacial score (nSPS) is 12.3. The minimum atomic E-state index is -4.70. The fourth-order valence-electron chi connectivity index (χ4n) is 2.67. The first-order valence-electron chi connectivity index (χ1n) is 6.56. The Labute approximate surface area is 122 Å². The quantitative estimate of drug-likeness (QED) is 0.550. The fraction of sp³-hybridized carbons (Fsp3) is 0.0625. The fourth-order valence-corrected chi connectivity index (χ4v) is 2.67. The average Bonchev–Trinajstić information content (AvgIpc) is 2.84. The van der Waals surface area contributed by atoms with E-state index in [0.29, 0.717) is 5.39 Å². The van der Waals surface area contributed by atoms with Gasteiger partial charge in [0.15, 0.2) is 0 Å². The molecule has 0 aliphatic heterocycles. The molecule has 0 fully saturated rings. The Balaban J connectivity index is 2.00. The first-order chi connectivity index (χ1) is 10.5. The molecule has 4 rings (SSSR count). The molecule has 0 unspecified atom stereocenters. The van der Waals surface area contributed by atoms with Gasteiger partial charge in [0.05, 0.1) is 11.0 Å². The Morgan fingerprint density at radius 3 is 2.59 bits per heavy atom. The number of hydrogen-bond donors (Lipinski definition) is 1. The van der Waals surface area contributed by atoms with Gasteiger partial charge < -0.3 is 9.72 Å². The lowest BCUT2D eigenvalue weighted by Crippen LogP contribution is -2.16. The van der Waals surface area contributed by atoms with Gasteiger partial charge in [-0.1, -0.05) is 18.2 Å². The maximum absolute atomic E-state index is 12.3. The zero-order chi connectivity index (χ0) is 15.3. The Morgan fingerprint density at radius 1 is 0.955 bits per heavy atom. The van der Waals surface area contributed by atoms with Crippen LogP contribution in [-0.4, -0.2) is 16.3 Å². The highest BCUT2D eigenvalue weighted by Gasteiger charge is 2.31. The van der Waals surface area contributed by atoms with Gasteiger partial charge in [0.2, 0.25) is 0 Å². The lowest BCUT2D eigenvalue weighted by molar-refractivity contribution is -0.274. The molecule has 4 aromatic rings. The summed E-state index contributed by atoms with van der Waals surface area (Å²) in [4.78, 5) is 7.59. The second-order valence-corrected chi connectivity index (χ2v) is 4.94. The summed E-state index contributed by atoms with van der Waals surface area (Å²) in [5, 5.41) is 2.34. The number of ether oxygens (including phenoxy) is 1. The molecule has 0 amide bonds. The molecule has 3 nitrogen and oxygen atoms in total. The number of hydrogen-bond acceptors (Lipinski definition) is 2. The van der Waals surface area contributed by atoms with E-state index in [0.717, 1.165) is 27.3 Å². The zero-order valence-corrected chi connectivity index (χ0v) is 11.1. The number of rotatable bonds is 1. The van der Waals surface area contributed by atoms with E-state index in [1.165, 1.54) is 12.1 Å². The number of benzene rings is 2. The molecule has 0 atom stereocenters. The van der Waals surface area contributed by atoms with Crippen molar-refractivity contribution in [3.8, 4) is 5.75 Å². The summed E-state index contributed by atoms with van der Waals surface area (Å²) in [6.07, 6.45) is -3.04. The summed E-state index contributed by atoms with van der Waals surface area (Å²) >= 11 is 0. The van der Waals surface area contributed by atoms with Gasteiger partial charge in [0, 0.05) is 27.9 Å². The van der Waals surface area contributed by atoms with Crippen LogP contribution in [-0.2, 0) is 0 Å². The van der Waals surface area contributed by atoms with E-state index in [1.54, 1.807) is 12.3 Å². The molecule has 0 saturated carbocycles. The highest BCUT2D eigenvalue weighted by atomic mass is 19.4. The van der Waals surface area contributed by atoms with E-state index in [1.807, 2.05) is 24.3 Å². The van der Waals surface area contributed by atoms with Crippen molar-refractivity contribution < 1.29 is 17.9 Å². The molecule has 0 saturated heterocycles. The summed E-state index contributed by atoms with van der Waals surface area (Å²) in [5.74, 6) is -0.242. The first-order valence-corrected chi connectivity index (χ1v) is 6.56. The molecule has 0 aliphatic rings. The van der Waals surface area contributed by atoms with Gasteiger partial charge in [-0.05, 0) is 24.3 Å². The molecule has 110 valence electrons. The van der Waals surface area contributed by atoms with E-state index in [4.69, 9.17) is 0 Å². The van der Waals surface area contributed by atoms with Crippen LogP contribution < -0.4 is 4.74 Å². The maximum atomic E-state index is 12.3. The number of nitrogens with zero attached hydrogens (tertiary/aromatic N) is 1.